The minimum atomic E-state index is -3.11. The number of piperidine rings is 1. The first-order chi connectivity index (χ1) is 9.36. The molecule has 0 aromatic heterocycles. The summed E-state index contributed by atoms with van der Waals surface area (Å²) in [4.78, 5) is 13.9. The Labute approximate surface area is 120 Å². The number of urea groups is 1. The molecule has 2 heterocycles. The van der Waals surface area contributed by atoms with Crippen LogP contribution in [0.2, 0.25) is 0 Å². The minimum absolute atomic E-state index is 0.0543. The number of rotatable bonds is 2. The topological polar surface area (TPSA) is 79.0 Å². The highest BCUT2D eigenvalue weighted by Crippen LogP contribution is 2.14. The molecule has 2 aliphatic rings. The van der Waals surface area contributed by atoms with E-state index >= 15 is 0 Å². The van der Waals surface area contributed by atoms with Gasteiger partial charge < -0.3 is 15.0 Å². The lowest BCUT2D eigenvalue weighted by atomic mass is 10.1. The number of morpholine rings is 1. The van der Waals surface area contributed by atoms with Crippen molar-refractivity contribution >= 4 is 16.1 Å². The Balaban J connectivity index is 1.79. The van der Waals surface area contributed by atoms with Crippen LogP contribution in [0.5, 0.6) is 0 Å². The van der Waals surface area contributed by atoms with E-state index in [1.165, 1.54) is 10.6 Å². The zero-order valence-electron chi connectivity index (χ0n) is 12.0. The lowest BCUT2D eigenvalue weighted by Gasteiger charge is -2.35. The predicted octanol–water partition coefficient (Wildman–Crippen LogP) is -0.159. The third-order valence-electron chi connectivity index (χ3n) is 3.78. The molecule has 0 bridgehead atoms. The molecule has 0 saturated carbocycles. The van der Waals surface area contributed by atoms with Crippen LogP contribution < -0.4 is 5.32 Å². The smallest absolute Gasteiger partial charge is 0.317 e. The summed E-state index contributed by atoms with van der Waals surface area (Å²) < 4.78 is 29.7. The van der Waals surface area contributed by atoms with Gasteiger partial charge in [-0.05, 0) is 19.8 Å². The van der Waals surface area contributed by atoms with Gasteiger partial charge in [-0.15, -0.1) is 0 Å². The second-order valence-corrected chi connectivity index (χ2v) is 7.50. The largest absolute Gasteiger partial charge is 0.375 e. The lowest BCUT2D eigenvalue weighted by Crippen LogP contribution is -2.53. The van der Waals surface area contributed by atoms with Crippen molar-refractivity contribution in [2.75, 3.05) is 39.0 Å². The third-order valence-corrected chi connectivity index (χ3v) is 5.08. The van der Waals surface area contributed by atoms with Crippen molar-refractivity contribution in [3.63, 3.8) is 0 Å². The summed E-state index contributed by atoms with van der Waals surface area (Å²) in [6, 6.07) is -0.0170. The summed E-state index contributed by atoms with van der Waals surface area (Å²) in [6.07, 6.45) is 2.62. The van der Waals surface area contributed by atoms with Crippen LogP contribution >= 0.6 is 0 Å². The highest BCUT2D eigenvalue weighted by atomic mass is 32.2. The van der Waals surface area contributed by atoms with E-state index in [0.29, 0.717) is 45.6 Å². The predicted molar refractivity (Wildman–Crippen MR) is 75.0 cm³/mol. The monoisotopic (exact) mass is 305 g/mol. The van der Waals surface area contributed by atoms with E-state index < -0.39 is 10.0 Å². The van der Waals surface area contributed by atoms with Crippen LogP contribution in [0.4, 0.5) is 4.79 Å². The van der Waals surface area contributed by atoms with Gasteiger partial charge in [-0.25, -0.2) is 17.5 Å². The number of carbonyl (C=O) groups excluding carboxylic acids is 1. The minimum Gasteiger partial charge on any atom is -0.375 e. The van der Waals surface area contributed by atoms with Crippen molar-refractivity contribution in [2.24, 2.45) is 0 Å². The van der Waals surface area contributed by atoms with Gasteiger partial charge in [-0.1, -0.05) is 0 Å². The lowest BCUT2D eigenvalue weighted by molar-refractivity contribution is -0.00408. The SMILES string of the molecule is C[C@H]1CN(C(=O)NC2CCN(S(C)(=O)=O)CC2)CCO1. The fourth-order valence-electron chi connectivity index (χ4n) is 2.60. The van der Waals surface area contributed by atoms with Crippen molar-refractivity contribution in [1.29, 1.82) is 0 Å². The molecule has 0 aromatic rings. The van der Waals surface area contributed by atoms with Gasteiger partial charge in [-0.2, -0.15) is 0 Å². The molecule has 0 aliphatic carbocycles. The maximum atomic E-state index is 12.1. The fourth-order valence-corrected chi connectivity index (χ4v) is 3.47. The van der Waals surface area contributed by atoms with Gasteiger partial charge in [0.1, 0.15) is 0 Å². The highest BCUT2D eigenvalue weighted by molar-refractivity contribution is 7.88. The van der Waals surface area contributed by atoms with Crippen LogP contribution in [0.25, 0.3) is 0 Å². The van der Waals surface area contributed by atoms with Crippen LogP contribution in [0.3, 0.4) is 0 Å². The van der Waals surface area contributed by atoms with E-state index in [1.54, 1.807) is 4.90 Å². The van der Waals surface area contributed by atoms with Gasteiger partial charge in [0.2, 0.25) is 10.0 Å². The molecule has 0 unspecified atom stereocenters. The standard InChI is InChI=1S/C12H23N3O4S/c1-10-9-14(7-8-19-10)12(16)13-11-3-5-15(6-4-11)20(2,17)18/h10-11H,3-9H2,1-2H3,(H,13,16)/t10-/m0/s1. The molecule has 20 heavy (non-hydrogen) atoms. The normalized spacial score (nSPS) is 26.5. The molecular formula is C12H23N3O4S. The molecule has 2 rings (SSSR count). The van der Waals surface area contributed by atoms with Crippen molar-refractivity contribution in [1.82, 2.24) is 14.5 Å². The number of nitrogens with zero attached hydrogens (tertiary/aromatic N) is 2. The van der Waals surface area contributed by atoms with Crippen LogP contribution in [0.1, 0.15) is 19.8 Å². The molecule has 8 heteroatoms. The van der Waals surface area contributed by atoms with Crippen molar-refractivity contribution in [3.05, 3.63) is 0 Å². The number of carbonyl (C=O) groups is 1. The van der Waals surface area contributed by atoms with E-state index in [0.717, 1.165) is 0 Å². The average Bonchev–Trinajstić information content (AvgIpc) is 2.38. The number of hydrogen-bond donors (Lipinski definition) is 1. The summed E-state index contributed by atoms with van der Waals surface area (Å²) in [5, 5.41) is 2.99. The molecule has 0 aromatic carbocycles. The number of amides is 2. The number of nitrogens with one attached hydrogen (secondary N) is 1. The van der Waals surface area contributed by atoms with Crippen LogP contribution in [0.15, 0.2) is 0 Å². The van der Waals surface area contributed by atoms with E-state index in [2.05, 4.69) is 5.32 Å². The molecule has 2 fully saturated rings. The third kappa shape index (κ3) is 4.07. The van der Waals surface area contributed by atoms with E-state index in [-0.39, 0.29) is 18.2 Å². The Kier molecular flexibility index (Phi) is 4.87. The Morgan fingerprint density at radius 2 is 1.90 bits per heavy atom. The molecular weight excluding hydrogens is 282 g/mol. The van der Waals surface area contributed by atoms with E-state index in [4.69, 9.17) is 4.74 Å². The number of hydrogen-bond acceptors (Lipinski definition) is 4. The average molecular weight is 305 g/mol. The van der Waals surface area contributed by atoms with Gasteiger partial charge in [0.25, 0.3) is 0 Å². The zero-order chi connectivity index (χ0) is 14.8. The zero-order valence-corrected chi connectivity index (χ0v) is 12.9. The van der Waals surface area contributed by atoms with Crippen LogP contribution in [-0.2, 0) is 14.8 Å². The maximum Gasteiger partial charge on any atom is 0.317 e. The first-order valence-electron chi connectivity index (χ1n) is 6.98. The van der Waals surface area contributed by atoms with Gasteiger partial charge in [0.15, 0.2) is 0 Å². The molecule has 2 amide bonds. The second kappa shape index (κ2) is 6.28. The van der Waals surface area contributed by atoms with Gasteiger partial charge >= 0.3 is 6.03 Å². The summed E-state index contributed by atoms with van der Waals surface area (Å²) in [7, 11) is -3.11. The van der Waals surface area contributed by atoms with Crippen molar-refractivity contribution < 1.29 is 17.9 Å². The summed E-state index contributed by atoms with van der Waals surface area (Å²) >= 11 is 0. The van der Waals surface area contributed by atoms with Gasteiger partial charge in [0, 0.05) is 32.2 Å². The molecule has 7 nitrogen and oxygen atoms in total. The maximum absolute atomic E-state index is 12.1. The highest BCUT2D eigenvalue weighted by Gasteiger charge is 2.28. The Morgan fingerprint density at radius 3 is 2.45 bits per heavy atom. The van der Waals surface area contributed by atoms with Crippen molar-refractivity contribution in [2.45, 2.75) is 31.9 Å². The van der Waals surface area contributed by atoms with E-state index in [9.17, 15) is 13.2 Å². The molecule has 2 saturated heterocycles. The molecule has 0 spiro atoms. The summed E-state index contributed by atoms with van der Waals surface area (Å²) in [5.41, 5.74) is 0. The molecule has 116 valence electrons. The molecule has 1 N–H and O–H groups in total. The Hall–Kier alpha value is -0.860. The Morgan fingerprint density at radius 1 is 1.25 bits per heavy atom. The molecule has 0 radical (unpaired) electrons. The van der Waals surface area contributed by atoms with Crippen molar-refractivity contribution in [3.8, 4) is 0 Å². The van der Waals surface area contributed by atoms with E-state index in [1.807, 2.05) is 6.92 Å². The van der Waals surface area contributed by atoms with Gasteiger partial charge in [0.05, 0.1) is 19.0 Å². The molecule has 1 atom stereocenters. The molecule has 2 aliphatic heterocycles. The Bertz CT molecular complexity index is 446. The van der Waals surface area contributed by atoms with Crippen LogP contribution in [0, 0.1) is 0 Å². The summed E-state index contributed by atoms with van der Waals surface area (Å²) in [6.45, 7) is 4.68. The first kappa shape index (κ1) is 15.5. The first-order valence-corrected chi connectivity index (χ1v) is 8.83. The fraction of sp³-hybridized carbons (Fsp3) is 0.917. The number of ether oxygens (including phenoxy) is 1. The quantitative estimate of drug-likeness (QED) is 0.769. The summed E-state index contributed by atoms with van der Waals surface area (Å²) in [5.74, 6) is 0. The van der Waals surface area contributed by atoms with Gasteiger partial charge in [-0.3, -0.25) is 0 Å². The van der Waals surface area contributed by atoms with Crippen LogP contribution in [-0.4, -0.2) is 74.8 Å². The number of sulfonamides is 1. The second-order valence-electron chi connectivity index (χ2n) is 5.51.